The second kappa shape index (κ2) is 1.88. The number of phenols is 1. The highest BCUT2D eigenvalue weighted by molar-refractivity contribution is 5.79. The summed E-state index contributed by atoms with van der Waals surface area (Å²) in [5, 5.41) is 22.4. The molecule has 0 aliphatic carbocycles. The molecule has 2 aromatic rings. The number of benzene rings is 1. The van der Waals surface area contributed by atoms with Gasteiger partial charge in [-0.15, -0.1) is 9.94 Å². The second-order valence-electron chi connectivity index (χ2n) is 2.28. The first-order valence-electron chi connectivity index (χ1n) is 3.13. The largest absolute Gasteiger partial charge is 0.508 e. The van der Waals surface area contributed by atoms with Gasteiger partial charge in [-0.2, -0.15) is 0 Å². The Morgan fingerprint density at radius 3 is 3.00 bits per heavy atom. The molecule has 0 atom stereocenters. The maximum atomic E-state index is 9.03. The van der Waals surface area contributed by atoms with E-state index in [-0.39, 0.29) is 5.75 Å². The number of nitrogens with zero attached hydrogens (tertiary/aromatic N) is 2. The minimum Gasteiger partial charge on any atom is -0.508 e. The average Bonchev–Trinajstić information content (AvgIpc) is 2.33. The lowest BCUT2D eigenvalue weighted by molar-refractivity contribution is 0.161. The number of aromatic nitrogens is 2. The Labute approximate surface area is 62.3 Å². The van der Waals surface area contributed by atoms with E-state index in [0.29, 0.717) is 5.52 Å². The summed E-state index contributed by atoms with van der Waals surface area (Å²) in [6.45, 7) is 0. The van der Waals surface area contributed by atoms with Crippen molar-refractivity contribution in [1.29, 1.82) is 0 Å². The van der Waals surface area contributed by atoms with Crippen LogP contribution in [0.4, 0.5) is 0 Å². The summed E-state index contributed by atoms with van der Waals surface area (Å²) in [6, 6.07) is 4.68. The molecule has 11 heavy (non-hydrogen) atoms. The number of fused-ring (bicyclic) bond motifs is 1. The molecule has 0 aliphatic rings. The number of aromatic hydroxyl groups is 1. The normalized spacial score (nSPS) is 10.5. The van der Waals surface area contributed by atoms with E-state index in [2.05, 4.69) is 5.10 Å². The van der Waals surface area contributed by atoms with Gasteiger partial charge in [0.25, 0.3) is 0 Å². The monoisotopic (exact) mass is 150 g/mol. The van der Waals surface area contributed by atoms with Crippen LogP contribution in [0.15, 0.2) is 24.4 Å². The molecule has 2 N–H and O–H groups in total. The van der Waals surface area contributed by atoms with Gasteiger partial charge in [0, 0.05) is 11.5 Å². The topological polar surface area (TPSA) is 58.3 Å². The summed E-state index contributed by atoms with van der Waals surface area (Å²) in [5.41, 5.74) is 0.505. The van der Waals surface area contributed by atoms with E-state index in [4.69, 9.17) is 10.3 Å². The van der Waals surface area contributed by atoms with E-state index in [0.717, 1.165) is 10.2 Å². The van der Waals surface area contributed by atoms with Crippen LogP contribution >= 0.6 is 0 Å². The maximum Gasteiger partial charge on any atom is 0.117 e. The van der Waals surface area contributed by atoms with Crippen molar-refractivity contribution in [2.75, 3.05) is 0 Å². The molecule has 0 fully saturated rings. The van der Waals surface area contributed by atoms with Gasteiger partial charge in [0.15, 0.2) is 0 Å². The van der Waals surface area contributed by atoms with Crippen LogP contribution < -0.4 is 0 Å². The van der Waals surface area contributed by atoms with Crippen molar-refractivity contribution >= 4 is 10.9 Å². The zero-order chi connectivity index (χ0) is 7.84. The smallest absolute Gasteiger partial charge is 0.117 e. The molecule has 0 bridgehead atoms. The summed E-state index contributed by atoms with van der Waals surface area (Å²) < 4.78 is 0. The van der Waals surface area contributed by atoms with E-state index in [1.165, 1.54) is 12.3 Å². The van der Waals surface area contributed by atoms with Gasteiger partial charge in [0.05, 0.1) is 6.20 Å². The summed E-state index contributed by atoms with van der Waals surface area (Å²) in [7, 11) is 0. The van der Waals surface area contributed by atoms with Crippen molar-refractivity contribution in [2.24, 2.45) is 0 Å². The lowest BCUT2D eigenvalue weighted by atomic mass is 10.2. The summed E-state index contributed by atoms with van der Waals surface area (Å²) in [5.74, 6) is 0.119. The molecule has 0 aliphatic heterocycles. The molecule has 0 amide bonds. The van der Waals surface area contributed by atoms with E-state index in [9.17, 15) is 0 Å². The van der Waals surface area contributed by atoms with Gasteiger partial charge in [-0.3, -0.25) is 0 Å². The van der Waals surface area contributed by atoms with Crippen LogP contribution in [0.5, 0.6) is 5.75 Å². The Kier molecular flexibility index (Phi) is 1.03. The van der Waals surface area contributed by atoms with Crippen LogP contribution in [0.25, 0.3) is 10.9 Å². The number of phenolic OH excluding ortho intramolecular Hbond substituents is 1. The van der Waals surface area contributed by atoms with E-state index in [1.54, 1.807) is 12.1 Å². The minimum atomic E-state index is 0.119. The fraction of sp³-hybridized carbons (Fsp3) is 0. The molecule has 4 nitrogen and oxygen atoms in total. The van der Waals surface area contributed by atoms with Gasteiger partial charge in [-0.25, -0.2) is 0 Å². The van der Waals surface area contributed by atoms with Crippen LogP contribution in [0.2, 0.25) is 0 Å². The molecule has 0 unspecified atom stereocenters. The lowest BCUT2D eigenvalue weighted by Crippen LogP contribution is -1.89. The fourth-order valence-electron chi connectivity index (χ4n) is 0.994. The van der Waals surface area contributed by atoms with Gasteiger partial charge in [-0.1, -0.05) is 0 Å². The van der Waals surface area contributed by atoms with Gasteiger partial charge in [-0.05, 0) is 12.1 Å². The van der Waals surface area contributed by atoms with Crippen LogP contribution in [0, 0.1) is 0 Å². The van der Waals surface area contributed by atoms with Crippen molar-refractivity contribution in [3.8, 4) is 5.75 Å². The molecule has 2 rings (SSSR count). The van der Waals surface area contributed by atoms with Crippen molar-refractivity contribution in [1.82, 2.24) is 9.94 Å². The zero-order valence-corrected chi connectivity index (χ0v) is 5.60. The second-order valence-corrected chi connectivity index (χ2v) is 2.28. The van der Waals surface area contributed by atoms with Crippen LogP contribution in [0.1, 0.15) is 0 Å². The molecule has 1 aromatic heterocycles. The fourth-order valence-corrected chi connectivity index (χ4v) is 0.994. The molecule has 0 saturated carbocycles. The van der Waals surface area contributed by atoms with E-state index >= 15 is 0 Å². The third-order valence-electron chi connectivity index (χ3n) is 1.54. The number of rotatable bonds is 0. The molecule has 0 radical (unpaired) electrons. The lowest BCUT2D eigenvalue weighted by Gasteiger charge is -1.92. The van der Waals surface area contributed by atoms with Crippen molar-refractivity contribution in [2.45, 2.75) is 0 Å². The van der Waals surface area contributed by atoms with Crippen molar-refractivity contribution < 1.29 is 10.3 Å². The molecule has 0 spiro atoms. The first-order valence-corrected chi connectivity index (χ1v) is 3.13. The van der Waals surface area contributed by atoms with E-state index in [1.807, 2.05) is 0 Å². The molecular formula is C7H6N2O2. The zero-order valence-electron chi connectivity index (χ0n) is 5.60. The molecule has 56 valence electrons. The van der Waals surface area contributed by atoms with Gasteiger partial charge in [0.1, 0.15) is 11.3 Å². The average molecular weight is 150 g/mol. The van der Waals surface area contributed by atoms with Gasteiger partial charge in [0.2, 0.25) is 0 Å². The van der Waals surface area contributed by atoms with Crippen LogP contribution in [-0.4, -0.2) is 20.3 Å². The first kappa shape index (κ1) is 6.03. The highest BCUT2D eigenvalue weighted by Gasteiger charge is 2.00. The van der Waals surface area contributed by atoms with Gasteiger partial charge >= 0.3 is 0 Å². The molecular weight excluding hydrogens is 144 g/mol. The first-order chi connectivity index (χ1) is 5.27. The molecule has 4 heteroatoms. The predicted octanol–water partition coefficient (Wildman–Crippen LogP) is 0.979. The minimum absolute atomic E-state index is 0.119. The third-order valence-corrected chi connectivity index (χ3v) is 1.54. The quantitative estimate of drug-likeness (QED) is 0.550. The standard InChI is InChI=1S/C7H6N2O2/c10-6-2-1-5-4-8-9(11)7(5)3-6/h1-4,10-11H. The Morgan fingerprint density at radius 1 is 1.36 bits per heavy atom. The number of hydrogen-bond acceptors (Lipinski definition) is 3. The Hall–Kier alpha value is -1.71. The summed E-state index contributed by atoms with van der Waals surface area (Å²) in [6.07, 6.45) is 1.52. The maximum absolute atomic E-state index is 9.03. The van der Waals surface area contributed by atoms with E-state index < -0.39 is 0 Å². The summed E-state index contributed by atoms with van der Waals surface area (Å²) in [4.78, 5) is 0.731. The molecule has 0 saturated heterocycles. The van der Waals surface area contributed by atoms with Crippen LogP contribution in [0.3, 0.4) is 0 Å². The Balaban J connectivity index is 2.87. The van der Waals surface area contributed by atoms with Crippen molar-refractivity contribution in [3.05, 3.63) is 24.4 Å². The highest BCUT2D eigenvalue weighted by Crippen LogP contribution is 2.17. The number of hydrogen-bond donors (Lipinski definition) is 2. The van der Waals surface area contributed by atoms with Crippen LogP contribution in [-0.2, 0) is 0 Å². The predicted molar refractivity (Wildman–Crippen MR) is 38.6 cm³/mol. The SMILES string of the molecule is Oc1ccc2cnn(O)c2c1. The third kappa shape index (κ3) is 0.797. The highest BCUT2D eigenvalue weighted by atomic mass is 16.5. The van der Waals surface area contributed by atoms with Crippen molar-refractivity contribution in [3.63, 3.8) is 0 Å². The molecule has 1 aromatic carbocycles. The summed E-state index contributed by atoms with van der Waals surface area (Å²) >= 11 is 0. The van der Waals surface area contributed by atoms with Gasteiger partial charge < -0.3 is 10.3 Å². The Bertz CT molecular complexity index is 394. The Morgan fingerprint density at radius 2 is 2.18 bits per heavy atom. The molecule has 1 heterocycles.